The predicted octanol–water partition coefficient (Wildman–Crippen LogP) is 4.13. The Labute approximate surface area is 149 Å². The van der Waals surface area contributed by atoms with Crippen LogP contribution >= 0.6 is 22.7 Å². The summed E-state index contributed by atoms with van der Waals surface area (Å²) in [7, 11) is 0. The van der Waals surface area contributed by atoms with Crippen molar-refractivity contribution >= 4 is 32.1 Å². The number of ether oxygens (including phenoxy) is 1. The van der Waals surface area contributed by atoms with E-state index in [-0.39, 0.29) is 18.8 Å². The Balaban J connectivity index is 1.53. The molecule has 3 nitrogen and oxygen atoms in total. The molecule has 1 aliphatic heterocycles. The molecule has 1 saturated heterocycles. The standard InChI is InChI=1S/C19H20O3S2/c20-11-16-9-15(21)10-18(22-16)13-3-1-2-12(6-13)7-17-8-14-4-5-23-19(14)24-17/h1-6,8,15-16,18,20-21H,7,9-11H2. The van der Waals surface area contributed by atoms with Gasteiger partial charge in [-0.3, -0.25) is 0 Å². The zero-order chi connectivity index (χ0) is 16.5. The Morgan fingerprint density at radius 1 is 1.17 bits per heavy atom. The molecule has 4 rings (SSSR count). The van der Waals surface area contributed by atoms with Crippen LogP contribution in [0.2, 0.25) is 0 Å². The van der Waals surface area contributed by atoms with Gasteiger partial charge < -0.3 is 14.9 Å². The van der Waals surface area contributed by atoms with Crippen molar-refractivity contribution in [1.29, 1.82) is 0 Å². The van der Waals surface area contributed by atoms with Crippen molar-refractivity contribution in [2.45, 2.75) is 37.6 Å². The van der Waals surface area contributed by atoms with Crippen molar-refractivity contribution < 1.29 is 14.9 Å². The summed E-state index contributed by atoms with van der Waals surface area (Å²) in [4.78, 5) is 1.37. The Kier molecular flexibility index (Phi) is 4.70. The second-order valence-corrected chi connectivity index (χ2v) is 8.66. The normalized spacial score (nSPS) is 24.5. The fourth-order valence-corrected chi connectivity index (χ4v) is 5.52. The van der Waals surface area contributed by atoms with E-state index in [1.165, 1.54) is 19.8 Å². The van der Waals surface area contributed by atoms with Gasteiger partial charge in [0.1, 0.15) is 0 Å². The van der Waals surface area contributed by atoms with Gasteiger partial charge in [-0.05, 0) is 28.6 Å². The Morgan fingerprint density at radius 2 is 2.08 bits per heavy atom. The first-order valence-electron chi connectivity index (χ1n) is 8.20. The number of hydrogen-bond acceptors (Lipinski definition) is 5. The molecule has 0 radical (unpaired) electrons. The van der Waals surface area contributed by atoms with Crippen molar-refractivity contribution in [1.82, 2.24) is 0 Å². The molecule has 3 aromatic rings. The number of hydrogen-bond donors (Lipinski definition) is 2. The zero-order valence-corrected chi connectivity index (χ0v) is 14.9. The van der Waals surface area contributed by atoms with E-state index in [9.17, 15) is 10.2 Å². The van der Waals surface area contributed by atoms with Crippen LogP contribution in [0, 0.1) is 0 Å². The number of benzene rings is 1. The van der Waals surface area contributed by atoms with Gasteiger partial charge in [0, 0.05) is 29.5 Å². The summed E-state index contributed by atoms with van der Waals surface area (Å²) in [5, 5.41) is 22.8. The van der Waals surface area contributed by atoms with E-state index >= 15 is 0 Å². The largest absolute Gasteiger partial charge is 0.394 e. The van der Waals surface area contributed by atoms with Crippen LogP contribution in [0.15, 0.2) is 41.8 Å². The van der Waals surface area contributed by atoms with Crippen LogP contribution in [0.1, 0.15) is 34.9 Å². The van der Waals surface area contributed by atoms with Crippen molar-refractivity contribution in [3.05, 3.63) is 57.8 Å². The van der Waals surface area contributed by atoms with E-state index in [1.807, 2.05) is 17.4 Å². The molecule has 3 atom stereocenters. The van der Waals surface area contributed by atoms with Gasteiger partial charge in [-0.15, -0.1) is 22.7 Å². The van der Waals surface area contributed by atoms with E-state index in [4.69, 9.17) is 4.74 Å². The predicted molar refractivity (Wildman–Crippen MR) is 98.9 cm³/mol. The molecule has 1 fully saturated rings. The maximum atomic E-state index is 10.0. The minimum Gasteiger partial charge on any atom is -0.394 e. The Morgan fingerprint density at radius 3 is 2.92 bits per heavy atom. The molecular formula is C19H20O3S2. The third-order valence-corrected chi connectivity index (χ3v) is 6.69. The summed E-state index contributed by atoms with van der Waals surface area (Å²) in [6.07, 6.45) is 1.20. The highest BCUT2D eigenvalue weighted by atomic mass is 32.2. The number of aliphatic hydroxyl groups is 2. The van der Waals surface area contributed by atoms with Gasteiger partial charge in [-0.2, -0.15) is 0 Å². The first-order valence-corrected chi connectivity index (χ1v) is 9.90. The van der Waals surface area contributed by atoms with Gasteiger partial charge in [0.05, 0.1) is 28.9 Å². The van der Waals surface area contributed by atoms with Gasteiger partial charge in [0.2, 0.25) is 0 Å². The molecular weight excluding hydrogens is 340 g/mol. The lowest BCUT2D eigenvalue weighted by Gasteiger charge is -2.32. The van der Waals surface area contributed by atoms with Gasteiger partial charge in [-0.25, -0.2) is 0 Å². The summed E-state index contributed by atoms with van der Waals surface area (Å²) in [5.41, 5.74) is 2.34. The second kappa shape index (κ2) is 6.94. The Hall–Kier alpha value is -1.24. The number of aliphatic hydroxyl groups excluding tert-OH is 2. The molecule has 126 valence electrons. The molecule has 3 unspecified atom stereocenters. The maximum Gasteiger partial charge on any atom is 0.0867 e. The van der Waals surface area contributed by atoms with Crippen LogP contribution in [-0.4, -0.2) is 29.0 Å². The van der Waals surface area contributed by atoms with Crippen molar-refractivity contribution in [2.75, 3.05) is 6.61 Å². The SMILES string of the molecule is OCC1CC(O)CC(c2cccc(Cc3cc4ccsc4s3)c2)O1. The topological polar surface area (TPSA) is 49.7 Å². The highest BCUT2D eigenvalue weighted by Gasteiger charge is 2.29. The van der Waals surface area contributed by atoms with Crippen LogP contribution in [0.25, 0.3) is 9.40 Å². The molecule has 5 heteroatoms. The van der Waals surface area contributed by atoms with Crippen LogP contribution in [0.3, 0.4) is 0 Å². The van der Waals surface area contributed by atoms with Gasteiger partial charge in [0.25, 0.3) is 0 Å². The summed E-state index contributed by atoms with van der Waals surface area (Å²) in [5.74, 6) is 0. The van der Waals surface area contributed by atoms with Crippen molar-refractivity contribution in [3.63, 3.8) is 0 Å². The fourth-order valence-electron chi connectivity index (χ4n) is 3.33. The summed E-state index contributed by atoms with van der Waals surface area (Å²) < 4.78 is 7.31. The van der Waals surface area contributed by atoms with Gasteiger partial charge >= 0.3 is 0 Å². The van der Waals surface area contributed by atoms with E-state index in [1.54, 1.807) is 11.3 Å². The quantitative estimate of drug-likeness (QED) is 0.736. The molecule has 2 N–H and O–H groups in total. The summed E-state index contributed by atoms with van der Waals surface area (Å²) >= 11 is 3.65. The van der Waals surface area contributed by atoms with E-state index in [2.05, 4.69) is 35.7 Å². The highest BCUT2D eigenvalue weighted by molar-refractivity contribution is 7.37. The molecule has 0 saturated carbocycles. The zero-order valence-electron chi connectivity index (χ0n) is 13.2. The lowest BCUT2D eigenvalue weighted by Crippen LogP contribution is -2.33. The lowest BCUT2D eigenvalue weighted by atomic mass is 9.94. The van der Waals surface area contributed by atoms with E-state index < -0.39 is 6.10 Å². The first kappa shape index (κ1) is 16.2. The minimum absolute atomic E-state index is 0.0425. The molecule has 1 aromatic carbocycles. The molecule has 2 aromatic heterocycles. The number of thiophene rings is 2. The average molecular weight is 361 g/mol. The average Bonchev–Trinajstić information content (AvgIpc) is 3.16. The second-order valence-electron chi connectivity index (χ2n) is 6.35. The van der Waals surface area contributed by atoms with Crippen LogP contribution in [0.4, 0.5) is 0 Å². The van der Waals surface area contributed by atoms with Crippen LogP contribution in [0.5, 0.6) is 0 Å². The van der Waals surface area contributed by atoms with Crippen LogP contribution in [-0.2, 0) is 11.2 Å². The molecule has 0 spiro atoms. The smallest absolute Gasteiger partial charge is 0.0867 e. The Bertz CT molecular complexity index is 794. The third-order valence-electron chi connectivity index (χ3n) is 4.48. The minimum atomic E-state index is -0.409. The van der Waals surface area contributed by atoms with Crippen molar-refractivity contribution in [2.24, 2.45) is 0 Å². The monoisotopic (exact) mass is 360 g/mol. The van der Waals surface area contributed by atoms with Gasteiger partial charge in [0.15, 0.2) is 0 Å². The third kappa shape index (κ3) is 3.41. The molecule has 0 amide bonds. The first-order chi connectivity index (χ1) is 11.7. The summed E-state index contributed by atoms with van der Waals surface area (Å²) in [6, 6.07) is 12.9. The lowest BCUT2D eigenvalue weighted by molar-refractivity contribution is -0.113. The molecule has 1 aliphatic rings. The molecule has 0 aliphatic carbocycles. The van der Waals surface area contributed by atoms with Gasteiger partial charge in [-0.1, -0.05) is 24.3 Å². The van der Waals surface area contributed by atoms with Crippen molar-refractivity contribution in [3.8, 4) is 0 Å². The van der Waals surface area contributed by atoms with Crippen LogP contribution < -0.4 is 0 Å². The molecule has 24 heavy (non-hydrogen) atoms. The molecule has 3 heterocycles. The highest BCUT2D eigenvalue weighted by Crippen LogP contribution is 2.34. The van der Waals surface area contributed by atoms with E-state index in [0.29, 0.717) is 12.8 Å². The molecule has 0 bridgehead atoms. The number of rotatable bonds is 4. The fraction of sp³-hybridized carbons (Fsp3) is 0.368. The summed E-state index contributed by atoms with van der Waals surface area (Å²) in [6.45, 7) is -0.0425. The van der Waals surface area contributed by atoms with E-state index in [0.717, 1.165) is 12.0 Å². The number of fused-ring (bicyclic) bond motifs is 1. The maximum absolute atomic E-state index is 10.0.